The van der Waals surface area contributed by atoms with Crippen LogP contribution in [0.15, 0.2) is 61.7 Å². The molecule has 0 amide bonds. The largest absolute Gasteiger partial charge is 0.466 e. The van der Waals surface area contributed by atoms with E-state index in [0.29, 0.717) is 5.57 Å². The molecule has 20 heavy (non-hydrogen) atoms. The number of rotatable bonds is 2. The smallest absolute Gasteiger partial charge is 0.332 e. The second-order valence-electron chi connectivity index (χ2n) is 3.75. The topological polar surface area (TPSA) is 50.1 Å². The van der Waals surface area contributed by atoms with Gasteiger partial charge in [0.1, 0.15) is 0 Å². The molecular formula is C17H21NO2. The van der Waals surface area contributed by atoms with Crippen molar-refractivity contribution < 1.29 is 9.53 Å². The summed E-state index contributed by atoms with van der Waals surface area (Å²) in [6.45, 7) is 13.9. The Morgan fingerprint density at radius 1 is 1.25 bits per heavy atom. The van der Waals surface area contributed by atoms with E-state index in [0.717, 1.165) is 5.57 Å². The van der Waals surface area contributed by atoms with Crippen LogP contribution in [0.1, 0.15) is 19.4 Å². The highest BCUT2D eigenvalue weighted by Crippen LogP contribution is 2.08. The normalized spacial score (nSPS) is 7.50. The fourth-order valence-electron chi connectivity index (χ4n) is 0.897. The maximum Gasteiger partial charge on any atom is 0.332 e. The number of benzene rings is 1. The molecule has 0 aliphatic carbocycles. The third kappa shape index (κ3) is 11.9. The van der Waals surface area contributed by atoms with Crippen molar-refractivity contribution in [3.8, 4) is 6.07 Å². The molecule has 106 valence electrons. The van der Waals surface area contributed by atoms with Crippen LogP contribution in [-0.4, -0.2) is 13.1 Å². The first-order valence-electron chi connectivity index (χ1n) is 5.85. The van der Waals surface area contributed by atoms with Crippen molar-refractivity contribution in [2.75, 3.05) is 7.11 Å². The molecule has 0 saturated heterocycles. The molecule has 3 heteroatoms. The van der Waals surface area contributed by atoms with Crippen molar-refractivity contribution in [2.45, 2.75) is 13.8 Å². The van der Waals surface area contributed by atoms with Gasteiger partial charge < -0.3 is 4.74 Å². The molecular weight excluding hydrogens is 250 g/mol. The highest BCUT2D eigenvalue weighted by atomic mass is 16.5. The Morgan fingerprint density at radius 3 is 1.85 bits per heavy atom. The zero-order valence-corrected chi connectivity index (χ0v) is 12.3. The summed E-state index contributed by atoms with van der Waals surface area (Å²) in [6.07, 6.45) is 1.18. The van der Waals surface area contributed by atoms with E-state index in [1.54, 1.807) is 13.0 Å². The lowest BCUT2D eigenvalue weighted by Crippen LogP contribution is -1.98. The van der Waals surface area contributed by atoms with Crippen LogP contribution >= 0.6 is 0 Å². The number of ether oxygens (including phenoxy) is 1. The van der Waals surface area contributed by atoms with Gasteiger partial charge in [-0.05, 0) is 19.4 Å². The lowest BCUT2D eigenvalue weighted by atomic mass is 10.1. The molecule has 0 bridgehead atoms. The summed E-state index contributed by atoms with van der Waals surface area (Å²) in [7, 11) is 1.33. The second kappa shape index (κ2) is 12.8. The van der Waals surface area contributed by atoms with E-state index in [9.17, 15) is 4.79 Å². The van der Waals surface area contributed by atoms with Crippen LogP contribution in [0.4, 0.5) is 0 Å². The van der Waals surface area contributed by atoms with Crippen LogP contribution in [0, 0.1) is 11.3 Å². The van der Waals surface area contributed by atoms with Crippen LogP contribution in [0.3, 0.4) is 0 Å². The Kier molecular flexibility index (Phi) is 12.7. The van der Waals surface area contributed by atoms with E-state index in [1.807, 2.05) is 25.1 Å². The van der Waals surface area contributed by atoms with Gasteiger partial charge in [0.25, 0.3) is 0 Å². The number of hydrogen-bond acceptors (Lipinski definition) is 3. The number of allylic oxidation sites excluding steroid dienone is 2. The third-order valence-corrected chi connectivity index (χ3v) is 1.89. The molecule has 3 nitrogen and oxygen atoms in total. The fourth-order valence-corrected chi connectivity index (χ4v) is 0.897. The zero-order chi connectivity index (χ0) is 16.0. The maximum absolute atomic E-state index is 10.2. The van der Waals surface area contributed by atoms with E-state index in [-0.39, 0.29) is 5.97 Å². The number of methoxy groups -OCH3 is 1. The van der Waals surface area contributed by atoms with Crippen molar-refractivity contribution in [3.63, 3.8) is 0 Å². The standard InChI is InChI=1S/C9H10.C5H8O2.C3H3N/c1-8(2)9-6-4-3-5-7-9;1-4(2)5(6)7-3;1-2-3-4/h3-7H,1H2,2H3;1H2,2-3H3;2H,1H2. The van der Waals surface area contributed by atoms with Gasteiger partial charge in [-0.25, -0.2) is 4.79 Å². The van der Waals surface area contributed by atoms with Gasteiger partial charge >= 0.3 is 5.97 Å². The van der Waals surface area contributed by atoms with Crippen molar-refractivity contribution >= 4 is 11.5 Å². The average molecular weight is 271 g/mol. The summed E-state index contributed by atoms with van der Waals surface area (Å²) in [4.78, 5) is 10.2. The number of nitriles is 1. The van der Waals surface area contributed by atoms with E-state index in [2.05, 4.69) is 36.6 Å². The molecule has 0 atom stereocenters. The Morgan fingerprint density at radius 2 is 1.70 bits per heavy atom. The molecule has 0 aromatic heterocycles. The van der Waals surface area contributed by atoms with Crippen molar-refractivity contribution in [2.24, 2.45) is 0 Å². The minimum atomic E-state index is -0.347. The Hall–Kier alpha value is -2.60. The zero-order valence-electron chi connectivity index (χ0n) is 12.3. The summed E-state index contributed by atoms with van der Waals surface area (Å²) >= 11 is 0. The van der Waals surface area contributed by atoms with Gasteiger partial charge in [-0.1, -0.05) is 55.6 Å². The molecule has 0 radical (unpaired) electrons. The van der Waals surface area contributed by atoms with E-state index >= 15 is 0 Å². The number of carbonyl (C=O) groups excluding carboxylic acids is 1. The SMILES string of the molecule is C=C(C)C(=O)OC.C=C(C)c1ccccc1.C=CC#N. The van der Waals surface area contributed by atoms with Gasteiger partial charge in [-0.15, -0.1) is 0 Å². The van der Waals surface area contributed by atoms with E-state index in [4.69, 9.17) is 5.26 Å². The van der Waals surface area contributed by atoms with Gasteiger partial charge in [0.2, 0.25) is 0 Å². The van der Waals surface area contributed by atoms with Crippen LogP contribution < -0.4 is 0 Å². The molecule has 1 rings (SSSR count). The minimum absolute atomic E-state index is 0.347. The first-order valence-corrected chi connectivity index (χ1v) is 5.85. The molecule has 0 heterocycles. The molecule has 1 aromatic carbocycles. The lowest BCUT2D eigenvalue weighted by molar-refractivity contribution is -0.136. The number of hydrogen-bond donors (Lipinski definition) is 0. The number of nitrogens with zero attached hydrogens (tertiary/aromatic N) is 1. The quantitative estimate of drug-likeness (QED) is 0.461. The van der Waals surface area contributed by atoms with E-state index in [1.165, 1.54) is 18.7 Å². The molecule has 0 unspecified atom stereocenters. The van der Waals surface area contributed by atoms with Gasteiger partial charge in [0, 0.05) is 11.6 Å². The molecule has 0 N–H and O–H groups in total. The summed E-state index contributed by atoms with van der Waals surface area (Å²) in [5, 5.41) is 7.51. The van der Waals surface area contributed by atoms with Crippen LogP contribution in [-0.2, 0) is 9.53 Å². The molecule has 1 aromatic rings. The monoisotopic (exact) mass is 271 g/mol. The molecule has 0 saturated carbocycles. The number of carbonyl (C=O) groups is 1. The first-order chi connectivity index (χ1) is 9.40. The van der Waals surface area contributed by atoms with Gasteiger partial charge in [0.15, 0.2) is 0 Å². The molecule has 0 fully saturated rings. The lowest BCUT2D eigenvalue weighted by Gasteiger charge is -1.94. The second-order valence-corrected chi connectivity index (χ2v) is 3.75. The highest BCUT2D eigenvalue weighted by Gasteiger charge is 1.95. The molecule has 0 spiro atoms. The minimum Gasteiger partial charge on any atom is -0.466 e. The molecule has 0 aliphatic heterocycles. The fraction of sp³-hybridized carbons (Fsp3) is 0.176. The van der Waals surface area contributed by atoms with Crippen LogP contribution in [0.5, 0.6) is 0 Å². The van der Waals surface area contributed by atoms with Gasteiger partial charge in [0.05, 0.1) is 13.2 Å². The van der Waals surface area contributed by atoms with Crippen molar-refractivity contribution in [3.05, 3.63) is 67.3 Å². The highest BCUT2D eigenvalue weighted by molar-refractivity contribution is 5.86. The Labute approximate surface area is 121 Å². The Bertz CT molecular complexity index is 481. The summed E-state index contributed by atoms with van der Waals surface area (Å²) < 4.78 is 4.27. The molecule has 0 aliphatic rings. The van der Waals surface area contributed by atoms with Crippen molar-refractivity contribution in [1.82, 2.24) is 0 Å². The first kappa shape index (κ1) is 19.7. The number of esters is 1. The van der Waals surface area contributed by atoms with Crippen molar-refractivity contribution in [1.29, 1.82) is 5.26 Å². The predicted molar refractivity (Wildman–Crippen MR) is 83.8 cm³/mol. The maximum atomic E-state index is 10.2. The average Bonchev–Trinajstić information content (AvgIpc) is 2.48. The Balaban J connectivity index is 0. The van der Waals surface area contributed by atoms with Crippen LogP contribution in [0.2, 0.25) is 0 Å². The summed E-state index contributed by atoms with van der Waals surface area (Å²) in [6, 6.07) is 11.9. The van der Waals surface area contributed by atoms with Crippen LogP contribution in [0.25, 0.3) is 5.57 Å². The summed E-state index contributed by atoms with van der Waals surface area (Å²) in [5.41, 5.74) is 2.77. The van der Waals surface area contributed by atoms with Gasteiger partial charge in [-0.2, -0.15) is 5.26 Å². The van der Waals surface area contributed by atoms with Gasteiger partial charge in [-0.3, -0.25) is 0 Å². The predicted octanol–water partition coefficient (Wildman–Crippen LogP) is 4.15. The third-order valence-electron chi connectivity index (χ3n) is 1.89. The summed E-state index contributed by atoms with van der Waals surface area (Å²) in [5.74, 6) is -0.347. The van der Waals surface area contributed by atoms with E-state index < -0.39 is 0 Å².